The van der Waals surface area contributed by atoms with Crippen molar-refractivity contribution >= 4 is 39.1 Å². The van der Waals surface area contributed by atoms with E-state index in [1.54, 1.807) is 10.7 Å². The van der Waals surface area contributed by atoms with Gasteiger partial charge in [0.15, 0.2) is 5.82 Å². The first-order valence-corrected chi connectivity index (χ1v) is 10.5. The fourth-order valence-corrected chi connectivity index (χ4v) is 3.51. The number of nitrogens with one attached hydrogen (secondary N) is 1. The molecule has 0 unspecified atom stereocenters. The van der Waals surface area contributed by atoms with Gasteiger partial charge in [0.2, 0.25) is 5.82 Å². The van der Waals surface area contributed by atoms with E-state index in [2.05, 4.69) is 31.3 Å². The predicted molar refractivity (Wildman–Crippen MR) is 123 cm³/mol. The van der Waals surface area contributed by atoms with E-state index < -0.39 is 0 Å². The normalized spacial score (nSPS) is 10.8. The van der Waals surface area contributed by atoms with Crippen LogP contribution >= 0.6 is 27.5 Å². The number of carbonyl (C=O) groups is 1. The first kappa shape index (κ1) is 20.3. The van der Waals surface area contributed by atoms with Crippen molar-refractivity contribution in [3.05, 3.63) is 93.2 Å². The minimum atomic E-state index is -0.385. The number of hydrogen-bond acceptors (Lipinski definition) is 3. The molecule has 0 bridgehead atoms. The molecule has 0 saturated carbocycles. The lowest BCUT2D eigenvalue weighted by Gasteiger charge is -2.10. The van der Waals surface area contributed by atoms with Gasteiger partial charge in [0.25, 0.3) is 5.91 Å². The van der Waals surface area contributed by atoms with Gasteiger partial charge < -0.3 is 5.32 Å². The summed E-state index contributed by atoms with van der Waals surface area (Å²) in [5.41, 5.74) is 4.41. The van der Waals surface area contributed by atoms with Crippen molar-refractivity contribution in [2.45, 2.75) is 13.8 Å². The number of nitrogens with zero attached hydrogens (tertiary/aromatic N) is 3. The molecule has 0 atom stereocenters. The van der Waals surface area contributed by atoms with Crippen LogP contribution in [0.25, 0.3) is 17.1 Å². The Kier molecular flexibility index (Phi) is 5.70. The summed E-state index contributed by atoms with van der Waals surface area (Å²) in [5.74, 6) is 0.241. The largest absolute Gasteiger partial charge is 0.319 e. The SMILES string of the molecule is Cc1ccc(C)c(-n2nc(C(=O)Nc3ccc(Br)cc3)nc2-c2cccc(Cl)c2)c1. The van der Waals surface area contributed by atoms with Crippen LogP contribution in [0, 0.1) is 13.8 Å². The first-order valence-electron chi connectivity index (χ1n) is 9.28. The zero-order chi connectivity index (χ0) is 21.3. The second kappa shape index (κ2) is 8.42. The van der Waals surface area contributed by atoms with E-state index in [9.17, 15) is 4.79 Å². The van der Waals surface area contributed by atoms with Crippen LogP contribution < -0.4 is 5.32 Å². The van der Waals surface area contributed by atoms with Crippen LogP contribution in [0.1, 0.15) is 21.7 Å². The number of aryl methyl sites for hydroxylation is 2. The number of halogens is 2. The molecule has 0 saturated heterocycles. The van der Waals surface area contributed by atoms with Crippen LogP contribution in [0.5, 0.6) is 0 Å². The molecular formula is C23H18BrClN4O. The smallest absolute Gasteiger partial charge is 0.295 e. The molecular weight excluding hydrogens is 464 g/mol. The molecule has 0 spiro atoms. The number of rotatable bonds is 4. The first-order chi connectivity index (χ1) is 14.4. The number of benzene rings is 3. The molecule has 30 heavy (non-hydrogen) atoms. The summed E-state index contributed by atoms with van der Waals surface area (Å²) in [6.45, 7) is 4.01. The monoisotopic (exact) mass is 480 g/mol. The molecule has 0 fully saturated rings. The molecule has 4 aromatic rings. The van der Waals surface area contributed by atoms with Gasteiger partial charge in [-0.3, -0.25) is 4.79 Å². The van der Waals surface area contributed by atoms with Crippen molar-refractivity contribution < 1.29 is 4.79 Å². The molecule has 1 N–H and O–H groups in total. The lowest BCUT2D eigenvalue weighted by molar-refractivity contribution is 0.101. The van der Waals surface area contributed by atoms with Crippen molar-refractivity contribution in [2.75, 3.05) is 5.32 Å². The maximum atomic E-state index is 12.9. The number of carbonyl (C=O) groups excluding carboxylic acids is 1. The van der Waals surface area contributed by atoms with Crippen molar-refractivity contribution in [3.63, 3.8) is 0 Å². The van der Waals surface area contributed by atoms with Gasteiger partial charge in [-0.25, -0.2) is 9.67 Å². The van der Waals surface area contributed by atoms with Gasteiger partial charge in [-0.05, 0) is 67.4 Å². The van der Waals surface area contributed by atoms with Crippen LogP contribution in [-0.4, -0.2) is 20.7 Å². The van der Waals surface area contributed by atoms with Crippen LogP contribution in [0.3, 0.4) is 0 Å². The van der Waals surface area contributed by atoms with E-state index in [0.29, 0.717) is 16.5 Å². The third-order valence-electron chi connectivity index (χ3n) is 4.59. The highest BCUT2D eigenvalue weighted by Crippen LogP contribution is 2.26. The molecule has 0 aliphatic heterocycles. The summed E-state index contributed by atoms with van der Waals surface area (Å²) in [6, 6.07) is 20.8. The third-order valence-corrected chi connectivity index (χ3v) is 5.35. The number of anilines is 1. The Morgan fingerprint density at radius 1 is 1.03 bits per heavy atom. The van der Waals surface area contributed by atoms with Crippen LogP contribution in [0.4, 0.5) is 5.69 Å². The second-order valence-corrected chi connectivity index (χ2v) is 8.28. The molecule has 5 nitrogen and oxygen atoms in total. The van der Waals surface area contributed by atoms with Crippen LogP contribution in [0.15, 0.2) is 71.2 Å². The molecule has 1 heterocycles. The quantitative estimate of drug-likeness (QED) is 0.376. The zero-order valence-electron chi connectivity index (χ0n) is 16.4. The van der Waals surface area contributed by atoms with E-state index in [0.717, 1.165) is 26.9 Å². The van der Waals surface area contributed by atoms with Crippen molar-refractivity contribution in [2.24, 2.45) is 0 Å². The minimum Gasteiger partial charge on any atom is -0.319 e. The van der Waals surface area contributed by atoms with Gasteiger partial charge in [-0.2, -0.15) is 0 Å². The molecule has 3 aromatic carbocycles. The van der Waals surface area contributed by atoms with Gasteiger partial charge >= 0.3 is 0 Å². The van der Waals surface area contributed by atoms with Gasteiger partial charge in [0.05, 0.1) is 5.69 Å². The van der Waals surface area contributed by atoms with Crippen LogP contribution in [-0.2, 0) is 0 Å². The third kappa shape index (κ3) is 4.30. The summed E-state index contributed by atoms with van der Waals surface area (Å²) in [7, 11) is 0. The second-order valence-electron chi connectivity index (χ2n) is 6.93. The Bertz CT molecular complexity index is 1230. The highest BCUT2D eigenvalue weighted by atomic mass is 79.9. The summed E-state index contributed by atoms with van der Waals surface area (Å²) in [6.07, 6.45) is 0. The molecule has 0 radical (unpaired) electrons. The molecule has 0 aliphatic carbocycles. The molecule has 1 amide bonds. The zero-order valence-corrected chi connectivity index (χ0v) is 18.7. The fourth-order valence-electron chi connectivity index (χ4n) is 3.06. The number of hydrogen-bond donors (Lipinski definition) is 1. The molecule has 150 valence electrons. The average Bonchev–Trinajstić information content (AvgIpc) is 3.17. The van der Waals surface area contributed by atoms with E-state index >= 15 is 0 Å². The fraction of sp³-hybridized carbons (Fsp3) is 0.0870. The number of amides is 1. The summed E-state index contributed by atoms with van der Waals surface area (Å²) in [4.78, 5) is 17.4. The van der Waals surface area contributed by atoms with Crippen molar-refractivity contribution in [1.29, 1.82) is 0 Å². The summed E-state index contributed by atoms with van der Waals surface area (Å²) < 4.78 is 2.63. The highest BCUT2D eigenvalue weighted by molar-refractivity contribution is 9.10. The Hall–Kier alpha value is -2.96. The standard InChI is InChI=1S/C23H18BrClN4O/c1-14-6-7-15(2)20(12-14)29-22(16-4-3-5-18(25)13-16)27-21(28-29)23(30)26-19-10-8-17(24)9-11-19/h3-13H,1-2H3,(H,26,30). The van der Waals surface area contributed by atoms with Crippen molar-refractivity contribution in [3.8, 4) is 17.1 Å². The van der Waals surface area contributed by atoms with E-state index in [1.807, 2.05) is 74.5 Å². The van der Waals surface area contributed by atoms with Crippen LogP contribution in [0.2, 0.25) is 5.02 Å². The van der Waals surface area contributed by atoms with Crippen molar-refractivity contribution in [1.82, 2.24) is 14.8 Å². The summed E-state index contributed by atoms with van der Waals surface area (Å²) >= 11 is 9.59. The van der Waals surface area contributed by atoms with Gasteiger partial charge in [-0.1, -0.05) is 51.8 Å². The predicted octanol–water partition coefficient (Wildman–Crippen LogP) is 6.22. The topological polar surface area (TPSA) is 59.8 Å². The van der Waals surface area contributed by atoms with E-state index in [1.165, 1.54) is 0 Å². The van der Waals surface area contributed by atoms with Gasteiger partial charge in [0, 0.05) is 20.7 Å². The molecule has 4 rings (SSSR count). The highest BCUT2D eigenvalue weighted by Gasteiger charge is 2.20. The lowest BCUT2D eigenvalue weighted by Crippen LogP contribution is -2.14. The lowest BCUT2D eigenvalue weighted by atomic mass is 10.1. The Morgan fingerprint density at radius 3 is 2.53 bits per heavy atom. The van der Waals surface area contributed by atoms with Gasteiger partial charge in [-0.15, -0.1) is 5.10 Å². The number of aromatic nitrogens is 3. The average molecular weight is 482 g/mol. The molecule has 0 aliphatic rings. The van der Waals surface area contributed by atoms with E-state index in [-0.39, 0.29) is 11.7 Å². The Morgan fingerprint density at radius 2 is 1.80 bits per heavy atom. The maximum Gasteiger partial charge on any atom is 0.295 e. The summed E-state index contributed by atoms with van der Waals surface area (Å²) in [5, 5.41) is 7.97. The minimum absolute atomic E-state index is 0.0776. The Labute approximate surface area is 187 Å². The van der Waals surface area contributed by atoms with E-state index in [4.69, 9.17) is 11.6 Å². The Balaban J connectivity index is 1.80. The maximum absolute atomic E-state index is 12.9. The molecule has 7 heteroatoms. The molecule has 1 aromatic heterocycles. The van der Waals surface area contributed by atoms with Gasteiger partial charge in [0.1, 0.15) is 0 Å².